The third-order valence-electron chi connectivity index (χ3n) is 7.81. The van der Waals surface area contributed by atoms with Gasteiger partial charge in [0.25, 0.3) is 0 Å². The summed E-state index contributed by atoms with van der Waals surface area (Å²) in [5, 5.41) is 4.06. The zero-order valence-corrected chi connectivity index (χ0v) is 21.3. The molecule has 2 aliphatic rings. The molecule has 1 atom stereocenters. The maximum Gasteiger partial charge on any atom is 0.248 e. The quantitative estimate of drug-likeness (QED) is 0.292. The maximum atomic E-state index is 14.1. The van der Waals surface area contributed by atoms with Gasteiger partial charge in [0.15, 0.2) is 0 Å². The molecule has 38 heavy (non-hydrogen) atoms. The van der Waals surface area contributed by atoms with Crippen molar-refractivity contribution < 1.29 is 22.5 Å². The number of fused-ring (bicyclic) bond motifs is 1. The summed E-state index contributed by atoms with van der Waals surface area (Å²) in [5.74, 6) is -2.03. The van der Waals surface area contributed by atoms with E-state index in [0.717, 1.165) is 28.5 Å². The van der Waals surface area contributed by atoms with E-state index >= 15 is 0 Å². The number of aryl methyl sites for hydroxylation is 2. The van der Waals surface area contributed by atoms with Gasteiger partial charge in [0.2, 0.25) is 11.8 Å². The number of amides is 1. The molecule has 1 aromatic carbocycles. The van der Waals surface area contributed by atoms with E-state index in [9.17, 15) is 18.0 Å². The molecular weight excluding hydrogens is 495 g/mol. The Morgan fingerprint density at radius 3 is 2.58 bits per heavy atom. The third-order valence-corrected chi connectivity index (χ3v) is 7.81. The highest BCUT2D eigenvalue weighted by atomic mass is 19.3. The van der Waals surface area contributed by atoms with Crippen molar-refractivity contribution in [3.05, 3.63) is 59.8 Å². The Labute approximate surface area is 217 Å². The predicted molar refractivity (Wildman–Crippen MR) is 135 cm³/mol. The minimum Gasteiger partial charge on any atom is -0.361 e. The average Bonchev–Trinajstić information content (AvgIpc) is 3.42. The summed E-state index contributed by atoms with van der Waals surface area (Å²) in [4.78, 5) is 23.7. The van der Waals surface area contributed by atoms with Crippen LogP contribution in [0.1, 0.15) is 74.3 Å². The molecule has 4 heterocycles. The summed E-state index contributed by atoms with van der Waals surface area (Å²) in [6, 6.07) is 6.51. The summed E-state index contributed by atoms with van der Waals surface area (Å²) < 4.78 is 49.8. The molecule has 3 aromatic heterocycles. The molecule has 1 saturated heterocycles. The lowest BCUT2D eigenvalue weighted by Crippen LogP contribution is -2.40. The third kappa shape index (κ3) is 4.25. The van der Waals surface area contributed by atoms with Crippen LogP contribution in [-0.2, 0) is 4.79 Å². The molecule has 4 aromatic rings. The number of carbonyl (C=O) groups is 1. The van der Waals surface area contributed by atoms with Crippen LogP contribution in [0.2, 0.25) is 0 Å². The van der Waals surface area contributed by atoms with Crippen LogP contribution in [0, 0.1) is 19.7 Å². The first-order valence-electron chi connectivity index (χ1n) is 13.0. The molecule has 0 spiro atoms. The molecule has 2 fully saturated rings. The molecule has 1 aliphatic carbocycles. The molecule has 198 valence electrons. The summed E-state index contributed by atoms with van der Waals surface area (Å²) in [5.41, 5.74) is 4.43. The van der Waals surface area contributed by atoms with E-state index in [2.05, 4.69) is 10.1 Å². The van der Waals surface area contributed by atoms with Gasteiger partial charge in [0.05, 0.1) is 40.9 Å². The second kappa shape index (κ2) is 9.25. The van der Waals surface area contributed by atoms with Crippen LogP contribution in [-0.4, -0.2) is 31.5 Å². The molecule has 1 saturated carbocycles. The lowest BCUT2D eigenvalue weighted by Gasteiger charge is -2.37. The van der Waals surface area contributed by atoms with Gasteiger partial charge in [0, 0.05) is 36.9 Å². The van der Waals surface area contributed by atoms with Gasteiger partial charge in [-0.2, -0.15) is 0 Å². The van der Waals surface area contributed by atoms with Crippen molar-refractivity contribution in [1.82, 2.24) is 19.7 Å². The van der Waals surface area contributed by atoms with Crippen LogP contribution in [0.15, 0.2) is 41.2 Å². The van der Waals surface area contributed by atoms with Crippen molar-refractivity contribution in [3.8, 4) is 11.1 Å². The zero-order valence-electron chi connectivity index (χ0n) is 21.3. The fourth-order valence-corrected chi connectivity index (χ4v) is 6.04. The van der Waals surface area contributed by atoms with E-state index < -0.39 is 17.8 Å². The minimum absolute atomic E-state index is 0.140. The van der Waals surface area contributed by atoms with Gasteiger partial charge in [-0.15, -0.1) is 0 Å². The fourth-order valence-electron chi connectivity index (χ4n) is 6.04. The monoisotopic (exact) mass is 523 g/mol. The number of alkyl halides is 2. The summed E-state index contributed by atoms with van der Waals surface area (Å²) in [7, 11) is 0. The number of carbonyl (C=O) groups excluding carboxylic acids is 1. The Kier molecular flexibility index (Phi) is 6.00. The zero-order chi connectivity index (χ0) is 26.6. The Morgan fingerprint density at radius 2 is 1.87 bits per heavy atom. The van der Waals surface area contributed by atoms with E-state index in [1.165, 1.54) is 12.3 Å². The SMILES string of the molecule is Cc1noc(C)c1-c1ccc2c(c1)nc([C@@H]1CCCC(=O)N1c1cncc(F)c1)n2C1CCC(F)(F)CC1. The smallest absolute Gasteiger partial charge is 0.248 e. The van der Waals surface area contributed by atoms with Gasteiger partial charge in [-0.25, -0.2) is 18.2 Å². The Hall–Kier alpha value is -3.69. The minimum atomic E-state index is -2.68. The second-order valence-electron chi connectivity index (χ2n) is 10.4. The van der Waals surface area contributed by atoms with Crippen LogP contribution in [0.3, 0.4) is 0 Å². The molecule has 0 N–H and O–H groups in total. The van der Waals surface area contributed by atoms with Gasteiger partial charge >= 0.3 is 0 Å². The van der Waals surface area contributed by atoms with Gasteiger partial charge in [0.1, 0.15) is 17.4 Å². The summed E-state index contributed by atoms with van der Waals surface area (Å²) in [6.45, 7) is 3.73. The van der Waals surface area contributed by atoms with Crippen LogP contribution >= 0.6 is 0 Å². The number of benzene rings is 1. The molecule has 1 amide bonds. The molecule has 0 radical (unpaired) electrons. The standard InChI is InChI=1S/C28H28F3N5O2/c1-16-26(17(2)38-34-16)18-6-7-23-22(12-18)33-27(36(23)20-8-10-28(30,31)11-9-20)24-4-3-5-25(37)35(24)21-13-19(29)14-32-15-21/h6-7,12-15,20,24H,3-5,8-11H2,1-2H3/t24-/m0/s1. The van der Waals surface area contributed by atoms with Gasteiger partial charge in [-0.1, -0.05) is 11.2 Å². The van der Waals surface area contributed by atoms with Crippen LogP contribution in [0.5, 0.6) is 0 Å². The molecular formula is C28H28F3N5O2. The number of hydrogen-bond acceptors (Lipinski definition) is 5. The highest BCUT2D eigenvalue weighted by molar-refractivity contribution is 5.95. The first kappa shape index (κ1) is 24.6. The first-order chi connectivity index (χ1) is 18.2. The average molecular weight is 524 g/mol. The second-order valence-corrected chi connectivity index (χ2v) is 10.4. The van der Waals surface area contributed by atoms with Gasteiger partial charge in [-0.3, -0.25) is 9.78 Å². The van der Waals surface area contributed by atoms with Crippen LogP contribution in [0.4, 0.5) is 18.9 Å². The molecule has 7 nitrogen and oxygen atoms in total. The molecule has 10 heteroatoms. The number of rotatable bonds is 4. The maximum absolute atomic E-state index is 14.1. The summed E-state index contributed by atoms with van der Waals surface area (Å²) in [6.07, 6.45) is 4.38. The van der Waals surface area contributed by atoms with E-state index in [0.29, 0.717) is 54.9 Å². The number of hydrogen-bond donors (Lipinski definition) is 0. The van der Waals surface area contributed by atoms with Crippen molar-refractivity contribution in [2.24, 2.45) is 0 Å². The number of piperidine rings is 1. The van der Waals surface area contributed by atoms with Gasteiger partial charge < -0.3 is 14.0 Å². The first-order valence-corrected chi connectivity index (χ1v) is 13.0. The van der Waals surface area contributed by atoms with E-state index in [1.807, 2.05) is 36.6 Å². The van der Waals surface area contributed by atoms with Crippen molar-refractivity contribution in [2.45, 2.75) is 76.8 Å². The Bertz CT molecular complexity index is 1500. The van der Waals surface area contributed by atoms with Crippen LogP contribution in [0.25, 0.3) is 22.2 Å². The number of anilines is 1. The lowest BCUT2D eigenvalue weighted by molar-refractivity contribution is -0.120. The number of aromatic nitrogens is 4. The molecule has 0 unspecified atom stereocenters. The summed E-state index contributed by atoms with van der Waals surface area (Å²) >= 11 is 0. The fraction of sp³-hybridized carbons (Fsp3) is 0.429. The normalized spacial score (nSPS) is 20.4. The van der Waals surface area contributed by atoms with Crippen LogP contribution < -0.4 is 4.90 Å². The number of imidazole rings is 1. The van der Waals surface area contributed by atoms with Crippen molar-refractivity contribution in [1.29, 1.82) is 0 Å². The molecule has 1 aliphatic heterocycles. The van der Waals surface area contributed by atoms with E-state index in [-0.39, 0.29) is 24.8 Å². The van der Waals surface area contributed by atoms with Gasteiger partial charge in [-0.05, 0) is 57.2 Å². The number of pyridine rings is 1. The topological polar surface area (TPSA) is 77.1 Å². The number of halogens is 3. The highest BCUT2D eigenvalue weighted by Crippen LogP contribution is 2.44. The number of nitrogens with zero attached hydrogens (tertiary/aromatic N) is 5. The van der Waals surface area contributed by atoms with E-state index in [4.69, 9.17) is 9.51 Å². The van der Waals surface area contributed by atoms with Crippen molar-refractivity contribution in [2.75, 3.05) is 4.90 Å². The largest absolute Gasteiger partial charge is 0.361 e. The Morgan fingerprint density at radius 1 is 1.08 bits per heavy atom. The predicted octanol–water partition coefficient (Wildman–Crippen LogP) is 6.85. The highest BCUT2D eigenvalue weighted by Gasteiger charge is 2.40. The van der Waals surface area contributed by atoms with E-state index in [1.54, 1.807) is 4.90 Å². The molecule has 0 bridgehead atoms. The molecule has 6 rings (SSSR count). The van der Waals surface area contributed by atoms with Crippen molar-refractivity contribution in [3.63, 3.8) is 0 Å². The Balaban J connectivity index is 1.51. The van der Waals surface area contributed by atoms with Crippen molar-refractivity contribution >= 4 is 22.6 Å². The lowest BCUT2D eigenvalue weighted by atomic mass is 9.91.